The third kappa shape index (κ3) is 3.00. The van der Waals surface area contributed by atoms with Gasteiger partial charge in [0.05, 0.1) is 4.90 Å². The first-order valence-corrected chi connectivity index (χ1v) is 9.33. The molecule has 0 bridgehead atoms. The van der Waals surface area contributed by atoms with E-state index in [-0.39, 0.29) is 10.8 Å². The first kappa shape index (κ1) is 16.4. The van der Waals surface area contributed by atoms with Crippen molar-refractivity contribution in [3.8, 4) is 0 Å². The molecule has 1 aromatic rings. The van der Waals surface area contributed by atoms with Crippen LogP contribution < -0.4 is 4.90 Å². The van der Waals surface area contributed by atoms with E-state index in [0.717, 1.165) is 31.2 Å². The second-order valence-corrected chi connectivity index (χ2v) is 8.32. The normalized spacial score (nSPS) is 21.5. The summed E-state index contributed by atoms with van der Waals surface area (Å²) >= 11 is 0. The second kappa shape index (κ2) is 6.22. The maximum Gasteiger partial charge on any atom is 0.256 e. The van der Waals surface area contributed by atoms with E-state index in [1.54, 1.807) is 17.0 Å². The van der Waals surface area contributed by atoms with Crippen molar-refractivity contribution in [2.24, 2.45) is 0 Å². The highest BCUT2D eigenvalue weighted by Gasteiger charge is 2.32. The molecule has 126 valence electrons. The SMILES string of the molecule is CN(C)S(=O)(=O)c1ccc2c(c1)N(C(=O)C1CCCO1)CCC2. The van der Waals surface area contributed by atoms with Gasteiger partial charge in [-0.2, -0.15) is 0 Å². The first-order chi connectivity index (χ1) is 10.9. The van der Waals surface area contributed by atoms with Gasteiger partial charge in [0.1, 0.15) is 6.10 Å². The van der Waals surface area contributed by atoms with Crippen LogP contribution in [0.4, 0.5) is 5.69 Å². The van der Waals surface area contributed by atoms with Crippen LogP contribution in [-0.4, -0.2) is 52.0 Å². The van der Waals surface area contributed by atoms with Crippen molar-refractivity contribution in [3.05, 3.63) is 23.8 Å². The molecule has 1 aromatic carbocycles. The lowest BCUT2D eigenvalue weighted by Crippen LogP contribution is -2.42. The van der Waals surface area contributed by atoms with Crippen LogP contribution in [0.25, 0.3) is 0 Å². The third-order valence-corrected chi connectivity index (χ3v) is 6.24. The van der Waals surface area contributed by atoms with Gasteiger partial charge in [0.2, 0.25) is 10.0 Å². The Morgan fingerprint density at radius 3 is 2.74 bits per heavy atom. The fourth-order valence-corrected chi connectivity index (χ4v) is 4.02. The van der Waals surface area contributed by atoms with E-state index >= 15 is 0 Å². The number of benzene rings is 1. The summed E-state index contributed by atoms with van der Waals surface area (Å²) in [6, 6.07) is 5.06. The Bertz CT molecular complexity index is 709. The van der Waals surface area contributed by atoms with Crippen molar-refractivity contribution in [2.45, 2.75) is 36.7 Å². The molecule has 3 rings (SSSR count). The molecule has 1 fully saturated rings. The number of carbonyl (C=O) groups excluding carboxylic acids is 1. The van der Waals surface area contributed by atoms with Crippen LogP contribution in [0.2, 0.25) is 0 Å². The van der Waals surface area contributed by atoms with Crippen molar-refractivity contribution in [1.82, 2.24) is 4.31 Å². The van der Waals surface area contributed by atoms with Crippen LogP contribution in [0.3, 0.4) is 0 Å². The molecule has 2 heterocycles. The lowest BCUT2D eigenvalue weighted by molar-refractivity contribution is -0.127. The highest BCUT2D eigenvalue weighted by Crippen LogP contribution is 2.32. The Kier molecular flexibility index (Phi) is 4.44. The van der Waals surface area contributed by atoms with Gasteiger partial charge < -0.3 is 9.64 Å². The molecule has 2 aliphatic heterocycles. The van der Waals surface area contributed by atoms with Gasteiger partial charge >= 0.3 is 0 Å². The molecule has 0 spiro atoms. The molecule has 1 amide bonds. The van der Waals surface area contributed by atoms with Crippen LogP contribution in [0.15, 0.2) is 23.1 Å². The van der Waals surface area contributed by atoms with E-state index in [1.807, 2.05) is 6.07 Å². The van der Waals surface area contributed by atoms with Gasteiger partial charge in [0.15, 0.2) is 0 Å². The van der Waals surface area contributed by atoms with E-state index < -0.39 is 16.1 Å². The summed E-state index contributed by atoms with van der Waals surface area (Å²) in [5, 5.41) is 0. The predicted octanol–water partition coefficient (Wildman–Crippen LogP) is 1.40. The predicted molar refractivity (Wildman–Crippen MR) is 87.0 cm³/mol. The number of sulfonamides is 1. The molecule has 23 heavy (non-hydrogen) atoms. The Hall–Kier alpha value is -1.44. The summed E-state index contributed by atoms with van der Waals surface area (Å²) < 4.78 is 31.4. The molecule has 1 saturated heterocycles. The van der Waals surface area contributed by atoms with E-state index in [0.29, 0.717) is 18.8 Å². The molecule has 0 aromatic heterocycles. The molecule has 1 unspecified atom stereocenters. The Balaban J connectivity index is 1.98. The summed E-state index contributed by atoms with van der Waals surface area (Å²) in [6.45, 7) is 1.23. The monoisotopic (exact) mass is 338 g/mol. The minimum absolute atomic E-state index is 0.0529. The van der Waals surface area contributed by atoms with Crippen LogP contribution in [0.1, 0.15) is 24.8 Å². The number of hydrogen-bond donors (Lipinski definition) is 0. The van der Waals surface area contributed by atoms with Gasteiger partial charge in [-0.3, -0.25) is 4.79 Å². The lowest BCUT2D eigenvalue weighted by atomic mass is 10.0. The average Bonchev–Trinajstić information content (AvgIpc) is 3.07. The zero-order chi connectivity index (χ0) is 16.6. The number of aryl methyl sites for hydroxylation is 1. The van der Waals surface area contributed by atoms with Crippen molar-refractivity contribution < 1.29 is 17.9 Å². The van der Waals surface area contributed by atoms with Crippen molar-refractivity contribution >= 4 is 21.6 Å². The maximum atomic E-state index is 12.7. The Labute approximate surface area is 137 Å². The molecule has 2 aliphatic rings. The minimum atomic E-state index is -3.51. The number of ether oxygens (including phenoxy) is 1. The van der Waals surface area contributed by atoms with Gasteiger partial charge in [0, 0.05) is 32.9 Å². The van der Waals surface area contributed by atoms with Crippen LogP contribution >= 0.6 is 0 Å². The summed E-state index contributed by atoms with van der Waals surface area (Å²) in [6.07, 6.45) is 2.97. The van der Waals surface area contributed by atoms with Crippen LogP contribution in [0.5, 0.6) is 0 Å². The molecule has 1 atom stereocenters. The quantitative estimate of drug-likeness (QED) is 0.835. The summed E-state index contributed by atoms with van der Waals surface area (Å²) in [5.41, 5.74) is 1.72. The zero-order valence-electron chi connectivity index (χ0n) is 13.5. The second-order valence-electron chi connectivity index (χ2n) is 6.17. The standard InChI is InChI=1S/C16H22N2O4S/c1-17(2)23(20,21)13-8-7-12-5-3-9-18(14(12)11-13)16(19)15-6-4-10-22-15/h7-8,11,15H,3-6,9-10H2,1-2H3. The van der Waals surface area contributed by atoms with E-state index in [9.17, 15) is 13.2 Å². The number of nitrogens with zero attached hydrogens (tertiary/aromatic N) is 2. The molecule has 0 aliphatic carbocycles. The fourth-order valence-electron chi connectivity index (χ4n) is 3.10. The molecule has 0 N–H and O–H groups in total. The maximum absolute atomic E-state index is 12.7. The molecular weight excluding hydrogens is 316 g/mol. The van der Waals surface area contributed by atoms with Gasteiger partial charge in [-0.15, -0.1) is 0 Å². The number of hydrogen-bond acceptors (Lipinski definition) is 4. The van der Waals surface area contributed by atoms with Crippen molar-refractivity contribution in [3.63, 3.8) is 0 Å². The summed E-state index contributed by atoms with van der Waals surface area (Å²) in [7, 11) is -0.506. The number of carbonyl (C=O) groups is 1. The summed E-state index contributed by atoms with van der Waals surface area (Å²) in [4.78, 5) is 14.6. The number of amides is 1. The molecule has 6 nitrogen and oxygen atoms in total. The fraction of sp³-hybridized carbons (Fsp3) is 0.562. The largest absolute Gasteiger partial charge is 0.368 e. The van der Waals surface area contributed by atoms with E-state index in [2.05, 4.69) is 0 Å². The van der Waals surface area contributed by atoms with Crippen molar-refractivity contribution in [2.75, 3.05) is 32.1 Å². The van der Waals surface area contributed by atoms with Crippen molar-refractivity contribution in [1.29, 1.82) is 0 Å². The van der Waals surface area contributed by atoms with Gasteiger partial charge in [-0.05, 0) is 43.4 Å². The number of anilines is 1. The molecule has 0 saturated carbocycles. The van der Waals surface area contributed by atoms with Gasteiger partial charge in [0.25, 0.3) is 5.91 Å². The molecule has 0 radical (unpaired) electrons. The van der Waals surface area contributed by atoms with Crippen LogP contribution in [-0.2, 0) is 26.0 Å². The molecule has 7 heteroatoms. The first-order valence-electron chi connectivity index (χ1n) is 7.89. The number of rotatable bonds is 3. The highest BCUT2D eigenvalue weighted by atomic mass is 32.2. The average molecular weight is 338 g/mol. The topological polar surface area (TPSA) is 66.9 Å². The smallest absolute Gasteiger partial charge is 0.256 e. The molecular formula is C16H22N2O4S. The Morgan fingerprint density at radius 2 is 2.09 bits per heavy atom. The minimum Gasteiger partial charge on any atom is -0.368 e. The van der Waals surface area contributed by atoms with Crippen LogP contribution in [0, 0.1) is 0 Å². The number of fused-ring (bicyclic) bond motifs is 1. The summed E-state index contributed by atoms with van der Waals surface area (Å²) in [5.74, 6) is -0.0529. The van der Waals surface area contributed by atoms with Gasteiger partial charge in [-0.1, -0.05) is 6.07 Å². The van der Waals surface area contributed by atoms with E-state index in [1.165, 1.54) is 18.4 Å². The Morgan fingerprint density at radius 1 is 1.30 bits per heavy atom. The highest BCUT2D eigenvalue weighted by molar-refractivity contribution is 7.89. The third-order valence-electron chi connectivity index (χ3n) is 4.43. The lowest BCUT2D eigenvalue weighted by Gasteiger charge is -2.31. The van der Waals surface area contributed by atoms with Gasteiger partial charge in [-0.25, -0.2) is 12.7 Å². The van der Waals surface area contributed by atoms with E-state index in [4.69, 9.17) is 4.74 Å². The zero-order valence-corrected chi connectivity index (χ0v) is 14.3.